The largest absolute Gasteiger partial charge is 0.497 e. The van der Waals surface area contributed by atoms with Crippen LogP contribution in [0.5, 0.6) is 11.5 Å². The molecule has 2 aromatic carbocycles. The fourth-order valence-corrected chi connectivity index (χ4v) is 3.20. The van der Waals surface area contributed by atoms with Gasteiger partial charge in [-0.1, -0.05) is 24.3 Å². The fraction of sp³-hybridized carbons (Fsp3) is 0.292. The fourth-order valence-electron chi connectivity index (χ4n) is 3.20. The van der Waals surface area contributed by atoms with Crippen LogP contribution in [0.2, 0.25) is 0 Å². The van der Waals surface area contributed by atoms with Crippen molar-refractivity contribution in [1.29, 1.82) is 0 Å². The topological polar surface area (TPSA) is 72.7 Å². The molecule has 2 N–H and O–H groups in total. The van der Waals surface area contributed by atoms with E-state index in [2.05, 4.69) is 10.6 Å². The Labute approximate surface area is 177 Å². The van der Waals surface area contributed by atoms with Crippen molar-refractivity contribution >= 4 is 5.91 Å². The first-order chi connectivity index (χ1) is 14.5. The second-order valence-electron chi connectivity index (χ2n) is 7.10. The molecule has 6 nitrogen and oxygen atoms in total. The van der Waals surface area contributed by atoms with Gasteiger partial charge in [-0.3, -0.25) is 10.1 Å². The summed E-state index contributed by atoms with van der Waals surface area (Å²) in [6, 6.07) is 18.8. The molecule has 0 aliphatic heterocycles. The molecule has 0 aliphatic rings. The number of ether oxygens (including phenoxy) is 2. The summed E-state index contributed by atoms with van der Waals surface area (Å²) in [5, 5.41) is 6.33. The summed E-state index contributed by atoms with van der Waals surface area (Å²) in [4.78, 5) is 12.7. The highest BCUT2D eigenvalue weighted by Crippen LogP contribution is 2.26. The summed E-state index contributed by atoms with van der Waals surface area (Å²) in [5.74, 6) is 3.08. The Morgan fingerprint density at radius 3 is 1.87 bits per heavy atom. The third kappa shape index (κ3) is 5.42. The molecule has 1 amide bonds. The molecule has 1 aromatic heterocycles. The van der Waals surface area contributed by atoms with Crippen LogP contribution in [0.25, 0.3) is 0 Å². The number of rotatable bonds is 9. The predicted molar refractivity (Wildman–Crippen MR) is 116 cm³/mol. The molecule has 0 radical (unpaired) electrons. The standard InChI is InChI=1S/C24H28N2O4/c1-16-5-14-22(30-16)17(2)25-15-23(27)26-24(18-6-10-20(28-3)11-7-18)19-8-12-21(29-4)13-9-19/h5-14,17,24-25H,15H2,1-4H3,(H,26,27). The van der Waals surface area contributed by atoms with E-state index in [1.165, 1.54) is 0 Å². The highest BCUT2D eigenvalue weighted by Gasteiger charge is 2.18. The first kappa shape index (κ1) is 21.5. The van der Waals surface area contributed by atoms with Crippen molar-refractivity contribution in [3.8, 4) is 11.5 Å². The van der Waals surface area contributed by atoms with E-state index in [0.29, 0.717) is 0 Å². The second-order valence-corrected chi connectivity index (χ2v) is 7.10. The van der Waals surface area contributed by atoms with Gasteiger partial charge in [0.2, 0.25) is 5.91 Å². The number of nitrogens with one attached hydrogen (secondary N) is 2. The number of methoxy groups -OCH3 is 2. The number of hydrogen-bond donors (Lipinski definition) is 2. The Balaban J connectivity index is 1.72. The van der Waals surface area contributed by atoms with E-state index in [0.717, 1.165) is 34.1 Å². The normalized spacial score (nSPS) is 11.9. The van der Waals surface area contributed by atoms with Crippen molar-refractivity contribution < 1.29 is 18.7 Å². The van der Waals surface area contributed by atoms with Crippen molar-refractivity contribution in [2.75, 3.05) is 20.8 Å². The monoisotopic (exact) mass is 408 g/mol. The molecule has 3 rings (SSSR count). The van der Waals surface area contributed by atoms with Gasteiger partial charge in [0, 0.05) is 0 Å². The van der Waals surface area contributed by atoms with E-state index in [9.17, 15) is 4.79 Å². The minimum Gasteiger partial charge on any atom is -0.497 e. The summed E-state index contributed by atoms with van der Waals surface area (Å²) in [7, 11) is 3.26. The van der Waals surface area contributed by atoms with Gasteiger partial charge in [0.05, 0.1) is 32.8 Å². The first-order valence-electron chi connectivity index (χ1n) is 9.87. The SMILES string of the molecule is COc1ccc(C(NC(=O)CNC(C)c2ccc(C)o2)c2ccc(OC)cc2)cc1. The molecular formula is C24H28N2O4. The van der Waals surface area contributed by atoms with Gasteiger partial charge in [-0.25, -0.2) is 0 Å². The Bertz CT molecular complexity index is 901. The van der Waals surface area contributed by atoms with Gasteiger partial charge in [-0.05, 0) is 61.4 Å². The summed E-state index contributed by atoms with van der Waals surface area (Å²) in [6.07, 6.45) is 0. The van der Waals surface area contributed by atoms with Crippen LogP contribution < -0.4 is 20.1 Å². The Morgan fingerprint density at radius 1 is 0.900 bits per heavy atom. The van der Waals surface area contributed by atoms with E-state index in [1.54, 1.807) is 14.2 Å². The van der Waals surface area contributed by atoms with Crippen LogP contribution in [0.15, 0.2) is 65.1 Å². The molecule has 0 fully saturated rings. The number of benzene rings is 2. The van der Waals surface area contributed by atoms with Gasteiger partial charge in [0.25, 0.3) is 0 Å². The molecule has 158 valence electrons. The molecule has 0 saturated heterocycles. The lowest BCUT2D eigenvalue weighted by molar-refractivity contribution is -0.120. The van der Waals surface area contributed by atoms with Gasteiger partial charge in [0.1, 0.15) is 23.0 Å². The number of amides is 1. The molecule has 0 spiro atoms. The van der Waals surface area contributed by atoms with Crippen molar-refractivity contribution in [2.45, 2.75) is 25.9 Å². The van der Waals surface area contributed by atoms with E-state index in [4.69, 9.17) is 13.9 Å². The molecule has 0 aliphatic carbocycles. The molecular weight excluding hydrogens is 380 g/mol. The Hall–Kier alpha value is -3.25. The average Bonchev–Trinajstić information content (AvgIpc) is 3.22. The average molecular weight is 408 g/mol. The molecule has 1 atom stereocenters. The number of carbonyl (C=O) groups is 1. The van der Waals surface area contributed by atoms with Gasteiger partial charge in [-0.2, -0.15) is 0 Å². The zero-order chi connectivity index (χ0) is 21.5. The quantitative estimate of drug-likeness (QED) is 0.556. The van der Waals surface area contributed by atoms with Crippen LogP contribution in [0.3, 0.4) is 0 Å². The van der Waals surface area contributed by atoms with Gasteiger partial charge < -0.3 is 19.2 Å². The van der Waals surface area contributed by atoms with Crippen molar-refractivity contribution in [1.82, 2.24) is 10.6 Å². The molecule has 0 saturated carbocycles. The summed E-state index contributed by atoms with van der Waals surface area (Å²) < 4.78 is 16.1. The van der Waals surface area contributed by atoms with Crippen LogP contribution >= 0.6 is 0 Å². The number of hydrogen-bond acceptors (Lipinski definition) is 5. The zero-order valence-corrected chi connectivity index (χ0v) is 17.8. The maximum Gasteiger partial charge on any atom is 0.234 e. The van der Waals surface area contributed by atoms with Crippen molar-refractivity contribution in [3.05, 3.63) is 83.3 Å². The lowest BCUT2D eigenvalue weighted by Gasteiger charge is -2.21. The third-order valence-electron chi connectivity index (χ3n) is 4.96. The highest BCUT2D eigenvalue weighted by atomic mass is 16.5. The Morgan fingerprint density at radius 2 is 1.43 bits per heavy atom. The Kier molecular flexibility index (Phi) is 7.14. The predicted octanol–water partition coefficient (Wildman–Crippen LogP) is 4.16. The highest BCUT2D eigenvalue weighted by molar-refractivity contribution is 5.79. The molecule has 3 aromatic rings. The number of furan rings is 1. The molecule has 0 bridgehead atoms. The first-order valence-corrected chi connectivity index (χ1v) is 9.87. The lowest BCUT2D eigenvalue weighted by Crippen LogP contribution is -2.37. The van der Waals surface area contributed by atoms with Crippen molar-refractivity contribution in [2.24, 2.45) is 0 Å². The number of carbonyl (C=O) groups excluding carboxylic acids is 1. The summed E-state index contributed by atoms with van der Waals surface area (Å²) >= 11 is 0. The second kappa shape index (κ2) is 9.98. The minimum absolute atomic E-state index is 0.0649. The molecule has 1 heterocycles. The van der Waals surface area contributed by atoms with Crippen LogP contribution in [-0.4, -0.2) is 26.7 Å². The van der Waals surface area contributed by atoms with Gasteiger partial charge in [0.15, 0.2) is 0 Å². The van der Waals surface area contributed by atoms with Gasteiger partial charge >= 0.3 is 0 Å². The summed E-state index contributed by atoms with van der Waals surface area (Å²) in [6.45, 7) is 4.04. The van der Waals surface area contributed by atoms with Crippen LogP contribution in [0, 0.1) is 6.92 Å². The van der Waals surface area contributed by atoms with E-state index in [1.807, 2.05) is 74.5 Å². The van der Waals surface area contributed by atoms with E-state index < -0.39 is 0 Å². The van der Waals surface area contributed by atoms with Crippen molar-refractivity contribution in [3.63, 3.8) is 0 Å². The maximum atomic E-state index is 12.7. The molecule has 6 heteroatoms. The van der Waals surface area contributed by atoms with E-state index >= 15 is 0 Å². The number of aryl methyl sites for hydroxylation is 1. The maximum absolute atomic E-state index is 12.7. The smallest absolute Gasteiger partial charge is 0.234 e. The zero-order valence-electron chi connectivity index (χ0n) is 17.8. The molecule has 1 unspecified atom stereocenters. The third-order valence-corrected chi connectivity index (χ3v) is 4.96. The van der Waals surface area contributed by atoms with Crippen LogP contribution in [-0.2, 0) is 4.79 Å². The van der Waals surface area contributed by atoms with E-state index in [-0.39, 0.29) is 24.5 Å². The molecule has 30 heavy (non-hydrogen) atoms. The summed E-state index contributed by atoms with van der Waals surface area (Å²) in [5.41, 5.74) is 1.92. The lowest BCUT2D eigenvalue weighted by atomic mass is 9.98. The van der Waals surface area contributed by atoms with Gasteiger partial charge in [-0.15, -0.1) is 0 Å². The van der Waals surface area contributed by atoms with Crippen LogP contribution in [0.4, 0.5) is 0 Å². The van der Waals surface area contributed by atoms with Crippen LogP contribution in [0.1, 0.15) is 41.7 Å². The minimum atomic E-state index is -0.294.